The van der Waals surface area contributed by atoms with E-state index < -0.39 is 0 Å². The molecule has 25 heavy (non-hydrogen) atoms. The van der Waals surface area contributed by atoms with Gasteiger partial charge in [0.15, 0.2) is 0 Å². The van der Waals surface area contributed by atoms with Crippen LogP contribution in [0.15, 0.2) is 52.1 Å². The molecule has 128 valence electrons. The van der Waals surface area contributed by atoms with E-state index >= 15 is 0 Å². The summed E-state index contributed by atoms with van der Waals surface area (Å²) in [6.07, 6.45) is 0. The number of nitrogens with zero attached hydrogens (tertiary/aromatic N) is 2. The quantitative estimate of drug-likeness (QED) is 0.366. The number of halogens is 1. The van der Waals surface area contributed by atoms with Crippen LogP contribution in [0.5, 0.6) is 5.75 Å². The van der Waals surface area contributed by atoms with Crippen molar-refractivity contribution in [3.05, 3.63) is 58.6 Å². The maximum Gasteiger partial charge on any atom is 0.321 e. The second-order valence-electron chi connectivity index (χ2n) is 5.41. The van der Waals surface area contributed by atoms with E-state index in [1.165, 1.54) is 0 Å². The molecule has 1 aromatic heterocycles. The van der Waals surface area contributed by atoms with Gasteiger partial charge in [-0.05, 0) is 49.7 Å². The number of aryl methyl sites for hydroxylation is 2. The van der Waals surface area contributed by atoms with Gasteiger partial charge in [-0.2, -0.15) is 0 Å². The number of rotatable bonds is 5. The van der Waals surface area contributed by atoms with E-state index in [1.807, 2.05) is 26.0 Å². The molecule has 0 unspecified atom stereocenters. The summed E-state index contributed by atoms with van der Waals surface area (Å²) >= 11 is 6.99. The minimum atomic E-state index is -0.372. The minimum Gasteiger partial charge on any atom is -0.426 e. The number of carbonyl (C=O) groups is 1. The maximum absolute atomic E-state index is 12.0. The Kier molecular flexibility index (Phi) is 5.40. The Morgan fingerprint density at radius 3 is 2.64 bits per heavy atom. The molecule has 2 aromatic carbocycles. The van der Waals surface area contributed by atoms with Crippen LogP contribution in [0.25, 0.3) is 11.5 Å². The first-order chi connectivity index (χ1) is 12.0. The Morgan fingerprint density at radius 2 is 1.92 bits per heavy atom. The largest absolute Gasteiger partial charge is 0.426 e. The van der Waals surface area contributed by atoms with E-state index in [9.17, 15) is 4.79 Å². The average molecular weight is 375 g/mol. The van der Waals surface area contributed by atoms with Crippen LogP contribution in [0.3, 0.4) is 0 Å². The number of thioether (sulfide) groups is 1. The van der Waals surface area contributed by atoms with E-state index in [0.717, 1.165) is 28.5 Å². The van der Waals surface area contributed by atoms with Crippen LogP contribution in [0.4, 0.5) is 0 Å². The Labute approximate surface area is 154 Å². The molecule has 0 radical (unpaired) electrons. The average Bonchev–Trinajstić information content (AvgIpc) is 3.05. The Balaban J connectivity index is 1.58. The van der Waals surface area contributed by atoms with Crippen molar-refractivity contribution >= 4 is 29.3 Å². The third-order valence-electron chi connectivity index (χ3n) is 3.37. The van der Waals surface area contributed by atoms with Crippen molar-refractivity contribution in [2.75, 3.05) is 5.75 Å². The summed E-state index contributed by atoms with van der Waals surface area (Å²) < 4.78 is 10.9. The first kappa shape index (κ1) is 17.5. The summed E-state index contributed by atoms with van der Waals surface area (Å²) in [5, 5.41) is 8.84. The summed E-state index contributed by atoms with van der Waals surface area (Å²) in [5.41, 5.74) is 2.80. The zero-order chi connectivity index (χ0) is 17.8. The highest BCUT2D eigenvalue weighted by atomic mass is 35.5. The van der Waals surface area contributed by atoms with Crippen molar-refractivity contribution in [2.45, 2.75) is 19.1 Å². The molecule has 0 saturated carbocycles. The molecule has 0 atom stereocenters. The van der Waals surface area contributed by atoms with E-state index in [4.69, 9.17) is 20.8 Å². The number of benzene rings is 2. The van der Waals surface area contributed by atoms with Crippen LogP contribution in [-0.4, -0.2) is 21.9 Å². The van der Waals surface area contributed by atoms with E-state index in [-0.39, 0.29) is 11.7 Å². The molecule has 0 aliphatic rings. The number of hydrogen-bond acceptors (Lipinski definition) is 6. The lowest BCUT2D eigenvalue weighted by atomic mass is 10.1. The van der Waals surface area contributed by atoms with Crippen LogP contribution < -0.4 is 4.74 Å². The monoisotopic (exact) mass is 374 g/mol. The lowest BCUT2D eigenvalue weighted by Crippen LogP contribution is -2.11. The van der Waals surface area contributed by atoms with Gasteiger partial charge in [-0.15, -0.1) is 10.2 Å². The van der Waals surface area contributed by atoms with Gasteiger partial charge in [-0.3, -0.25) is 4.79 Å². The molecule has 7 heteroatoms. The van der Waals surface area contributed by atoms with Crippen molar-refractivity contribution < 1.29 is 13.9 Å². The third-order valence-corrected chi connectivity index (χ3v) is 4.41. The van der Waals surface area contributed by atoms with Crippen molar-refractivity contribution in [2.24, 2.45) is 0 Å². The summed E-state index contributed by atoms with van der Waals surface area (Å²) in [5.74, 6) is 0.643. The number of hydrogen-bond donors (Lipinski definition) is 0. The first-order valence-electron chi connectivity index (χ1n) is 7.51. The predicted molar refractivity (Wildman–Crippen MR) is 97.0 cm³/mol. The van der Waals surface area contributed by atoms with Crippen molar-refractivity contribution in [3.8, 4) is 17.2 Å². The predicted octanol–water partition coefficient (Wildman–Crippen LogP) is 4.70. The highest BCUT2D eigenvalue weighted by Gasteiger charge is 2.13. The molecule has 0 amide bonds. The number of esters is 1. The van der Waals surface area contributed by atoms with Gasteiger partial charge < -0.3 is 9.15 Å². The molecule has 0 spiro atoms. The van der Waals surface area contributed by atoms with E-state index in [2.05, 4.69) is 10.2 Å². The van der Waals surface area contributed by atoms with Crippen LogP contribution in [-0.2, 0) is 4.79 Å². The van der Waals surface area contributed by atoms with E-state index in [0.29, 0.717) is 21.9 Å². The normalized spacial score (nSPS) is 10.7. The smallest absolute Gasteiger partial charge is 0.321 e. The van der Waals surface area contributed by atoms with Crippen LogP contribution in [0.2, 0.25) is 5.02 Å². The summed E-state index contributed by atoms with van der Waals surface area (Å²) in [6.45, 7) is 3.89. The topological polar surface area (TPSA) is 65.2 Å². The standard InChI is InChI=1S/C18H15ClN2O3S/c1-11-3-8-15(12(2)9-11)23-16(22)10-25-18-21-20-17(24-18)13-4-6-14(19)7-5-13/h3-9H,10H2,1-2H3. The van der Waals surface area contributed by atoms with Gasteiger partial charge in [0.25, 0.3) is 5.22 Å². The zero-order valence-electron chi connectivity index (χ0n) is 13.7. The zero-order valence-corrected chi connectivity index (χ0v) is 15.2. The lowest BCUT2D eigenvalue weighted by molar-refractivity contribution is -0.131. The Hall–Kier alpha value is -2.31. The molecular weight excluding hydrogens is 360 g/mol. The van der Waals surface area contributed by atoms with Gasteiger partial charge in [-0.1, -0.05) is 41.1 Å². The second kappa shape index (κ2) is 7.72. The van der Waals surface area contributed by atoms with Crippen LogP contribution in [0, 0.1) is 13.8 Å². The van der Waals surface area contributed by atoms with Gasteiger partial charge >= 0.3 is 5.97 Å². The molecule has 5 nitrogen and oxygen atoms in total. The minimum absolute atomic E-state index is 0.0789. The molecular formula is C18H15ClN2O3S. The van der Waals surface area contributed by atoms with Crippen molar-refractivity contribution in [1.29, 1.82) is 0 Å². The van der Waals surface area contributed by atoms with Crippen LogP contribution in [0.1, 0.15) is 11.1 Å². The molecule has 0 saturated heterocycles. The molecule has 3 rings (SSSR count). The molecule has 1 heterocycles. The van der Waals surface area contributed by atoms with Gasteiger partial charge in [0, 0.05) is 10.6 Å². The molecule has 0 fully saturated rings. The molecule has 3 aromatic rings. The fourth-order valence-corrected chi connectivity index (χ4v) is 2.83. The molecule has 0 N–H and O–H groups in total. The molecule has 0 aliphatic carbocycles. The fourth-order valence-electron chi connectivity index (χ4n) is 2.16. The fraction of sp³-hybridized carbons (Fsp3) is 0.167. The van der Waals surface area contributed by atoms with Gasteiger partial charge in [0.1, 0.15) is 11.5 Å². The summed E-state index contributed by atoms with van der Waals surface area (Å²) in [6, 6.07) is 12.7. The van der Waals surface area contributed by atoms with Gasteiger partial charge in [-0.25, -0.2) is 0 Å². The van der Waals surface area contributed by atoms with Crippen molar-refractivity contribution in [1.82, 2.24) is 10.2 Å². The van der Waals surface area contributed by atoms with Crippen LogP contribution >= 0.6 is 23.4 Å². The Bertz CT molecular complexity index is 894. The maximum atomic E-state index is 12.0. The number of carbonyl (C=O) groups excluding carboxylic acids is 1. The molecule has 0 aliphatic heterocycles. The SMILES string of the molecule is Cc1ccc(OC(=O)CSc2nnc(-c3ccc(Cl)cc3)o2)c(C)c1. The lowest BCUT2D eigenvalue weighted by Gasteiger charge is -2.07. The third kappa shape index (κ3) is 4.61. The number of aromatic nitrogens is 2. The second-order valence-corrected chi connectivity index (χ2v) is 6.77. The Morgan fingerprint density at radius 1 is 1.16 bits per heavy atom. The van der Waals surface area contributed by atoms with E-state index in [1.54, 1.807) is 30.3 Å². The van der Waals surface area contributed by atoms with Crippen molar-refractivity contribution in [3.63, 3.8) is 0 Å². The first-order valence-corrected chi connectivity index (χ1v) is 8.88. The van der Waals surface area contributed by atoms with Gasteiger partial charge in [0.2, 0.25) is 5.89 Å². The highest BCUT2D eigenvalue weighted by Crippen LogP contribution is 2.25. The summed E-state index contributed by atoms with van der Waals surface area (Å²) in [4.78, 5) is 12.0. The molecule has 0 bridgehead atoms. The highest BCUT2D eigenvalue weighted by molar-refractivity contribution is 7.99. The number of ether oxygens (including phenoxy) is 1. The summed E-state index contributed by atoms with van der Waals surface area (Å²) in [7, 11) is 0. The van der Waals surface area contributed by atoms with Gasteiger partial charge in [0.05, 0.1) is 0 Å².